The Labute approximate surface area is 173 Å². The maximum atomic E-state index is 12.4. The van der Waals surface area contributed by atoms with Gasteiger partial charge in [0.25, 0.3) is 0 Å². The van der Waals surface area contributed by atoms with Crippen LogP contribution in [0.4, 0.5) is 13.2 Å². The first-order chi connectivity index (χ1) is 14.2. The molecule has 0 aliphatic heterocycles. The third kappa shape index (κ3) is 5.72. The summed E-state index contributed by atoms with van der Waals surface area (Å²) in [6, 6.07) is 5.83. The van der Waals surface area contributed by atoms with Crippen LogP contribution < -0.4 is 0 Å². The zero-order valence-corrected chi connectivity index (χ0v) is 17.4. The molecule has 0 radical (unpaired) electrons. The van der Waals surface area contributed by atoms with Gasteiger partial charge in [-0.3, -0.25) is 4.79 Å². The van der Waals surface area contributed by atoms with Crippen molar-refractivity contribution in [2.75, 3.05) is 20.3 Å². The van der Waals surface area contributed by atoms with Crippen LogP contribution >= 0.6 is 0 Å². The van der Waals surface area contributed by atoms with Crippen molar-refractivity contribution in [3.63, 3.8) is 0 Å². The molecule has 3 rings (SSSR count). The second-order valence-corrected chi connectivity index (χ2v) is 7.84. The van der Waals surface area contributed by atoms with Crippen LogP contribution in [0.3, 0.4) is 0 Å². The second kappa shape index (κ2) is 9.04. The molecule has 8 heteroatoms. The molecular formula is C22H26F3N3O2. The Morgan fingerprint density at radius 1 is 1.33 bits per heavy atom. The van der Waals surface area contributed by atoms with E-state index in [-0.39, 0.29) is 6.61 Å². The molecule has 1 saturated carbocycles. The molecule has 1 aliphatic rings. The van der Waals surface area contributed by atoms with Gasteiger partial charge < -0.3 is 14.2 Å². The Kier molecular flexibility index (Phi) is 6.65. The van der Waals surface area contributed by atoms with E-state index >= 15 is 0 Å². The van der Waals surface area contributed by atoms with E-state index < -0.39 is 12.8 Å². The van der Waals surface area contributed by atoms with Gasteiger partial charge in [0, 0.05) is 25.7 Å². The summed E-state index contributed by atoms with van der Waals surface area (Å²) in [4.78, 5) is 17.2. The fourth-order valence-electron chi connectivity index (χ4n) is 3.31. The minimum absolute atomic E-state index is 0.0422. The highest BCUT2D eigenvalue weighted by molar-refractivity contribution is 5.85. The standard InChI is InChI=1S/C22H26F3N3O2/c1-15(2)10-18(12-27(3)14-29)17-6-7-19-20(11-17)28(21(26-19)16-4-5-16)8-9-30-13-22(23,24)25/h6-7,10-12,14,16H,4-5,8-9,13H2,1-3H3/b18-12+. The number of carbonyl (C=O) groups is 1. The summed E-state index contributed by atoms with van der Waals surface area (Å²) in [5.41, 5.74) is 4.50. The number of hydrogen-bond acceptors (Lipinski definition) is 3. The summed E-state index contributed by atoms with van der Waals surface area (Å²) in [6.07, 6.45) is 2.19. The minimum Gasteiger partial charge on any atom is -0.370 e. The topological polar surface area (TPSA) is 47.4 Å². The van der Waals surface area contributed by atoms with Crippen molar-refractivity contribution in [3.8, 4) is 0 Å². The average molecular weight is 421 g/mol. The van der Waals surface area contributed by atoms with Crippen molar-refractivity contribution < 1.29 is 22.7 Å². The first-order valence-electron chi connectivity index (χ1n) is 9.87. The molecule has 5 nitrogen and oxygen atoms in total. The van der Waals surface area contributed by atoms with Crippen LogP contribution in [0.5, 0.6) is 0 Å². The summed E-state index contributed by atoms with van der Waals surface area (Å²) < 4.78 is 44.0. The fraction of sp³-hybridized carbons (Fsp3) is 0.455. The molecule has 1 fully saturated rings. The lowest BCUT2D eigenvalue weighted by Gasteiger charge is -2.12. The molecule has 0 bridgehead atoms. The van der Waals surface area contributed by atoms with Crippen molar-refractivity contribution in [3.05, 3.63) is 47.4 Å². The average Bonchev–Trinajstić information content (AvgIpc) is 3.45. The summed E-state index contributed by atoms with van der Waals surface area (Å²) in [5, 5.41) is 0. The molecule has 1 aromatic carbocycles. The number of carbonyl (C=O) groups excluding carboxylic acids is 1. The van der Waals surface area contributed by atoms with Crippen LogP contribution in [0.1, 0.15) is 44.0 Å². The van der Waals surface area contributed by atoms with Crippen LogP contribution in [-0.4, -0.2) is 47.3 Å². The molecule has 30 heavy (non-hydrogen) atoms. The number of hydrogen-bond donors (Lipinski definition) is 0. The lowest BCUT2D eigenvalue weighted by atomic mass is 10.0. The van der Waals surface area contributed by atoms with E-state index in [1.165, 1.54) is 4.90 Å². The third-order valence-corrected chi connectivity index (χ3v) is 4.73. The summed E-state index contributed by atoms with van der Waals surface area (Å²) in [5.74, 6) is 1.24. The number of alkyl halides is 3. The number of amides is 1. The quantitative estimate of drug-likeness (QED) is 0.329. The smallest absolute Gasteiger partial charge is 0.370 e. The number of ether oxygens (including phenoxy) is 1. The molecule has 1 aromatic heterocycles. The summed E-state index contributed by atoms with van der Waals surface area (Å²) in [6.45, 7) is 2.95. The van der Waals surface area contributed by atoms with Gasteiger partial charge in [-0.1, -0.05) is 17.7 Å². The van der Waals surface area contributed by atoms with E-state index in [4.69, 9.17) is 9.72 Å². The highest BCUT2D eigenvalue weighted by atomic mass is 19.4. The Morgan fingerprint density at radius 3 is 2.67 bits per heavy atom. The lowest BCUT2D eigenvalue weighted by molar-refractivity contribution is -0.174. The van der Waals surface area contributed by atoms with E-state index in [2.05, 4.69) is 0 Å². The molecule has 0 atom stereocenters. The number of imidazole rings is 1. The van der Waals surface area contributed by atoms with E-state index in [0.717, 1.165) is 52.8 Å². The third-order valence-electron chi connectivity index (χ3n) is 4.73. The van der Waals surface area contributed by atoms with Crippen LogP contribution in [0.25, 0.3) is 16.6 Å². The van der Waals surface area contributed by atoms with E-state index in [1.54, 1.807) is 13.2 Å². The van der Waals surface area contributed by atoms with Crippen molar-refractivity contribution in [2.24, 2.45) is 0 Å². The predicted molar refractivity (Wildman–Crippen MR) is 110 cm³/mol. The fourth-order valence-corrected chi connectivity index (χ4v) is 3.31. The van der Waals surface area contributed by atoms with Crippen LogP contribution in [0.15, 0.2) is 36.0 Å². The molecule has 1 heterocycles. The normalized spacial score (nSPS) is 14.8. The van der Waals surface area contributed by atoms with E-state index in [1.807, 2.05) is 42.7 Å². The molecule has 2 aromatic rings. The Balaban J connectivity index is 1.96. The SMILES string of the molecule is CC(C)=C/C(=C\N(C)C=O)c1ccc2nc(C3CC3)n(CCOCC(F)(F)F)c2c1. The van der Waals surface area contributed by atoms with Gasteiger partial charge in [0.2, 0.25) is 6.41 Å². The second-order valence-electron chi connectivity index (χ2n) is 7.84. The van der Waals surface area contributed by atoms with Gasteiger partial charge >= 0.3 is 6.18 Å². The zero-order chi connectivity index (χ0) is 21.9. The highest BCUT2D eigenvalue weighted by Crippen LogP contribution is 2.41. The summed E-state index contributed by atoms with van der Waals surface area (Å²) in [7, 11) is 1.66. The number of halogens is 3. The number of rotatable bonds is 9. The first kappa shape index (κ1) is 22.1. The maximum Gasteiger partial charge on any atom is 0.411 e. The van der Waals surface area contributed by atoms with Gasteiger partial charge in [0.15, 0.2) is 0 Å². The molecule has 0 saturated heterocycles. The van der Waals surface area contributed by atoms with Crippen molar-refractivity contribution >= 4 is 23.0 Å². The van der Waals surface area contributed by atoms with Crippen LogP contribution in [0, 0.1) is 0 Å². The van der Waals surface area contributed by atoms with Gasteiger partial charge in [0.05, 0.1) is 17.6 Å². The number of fused-ring (bicyclic) bond motifs is 1. The molecule has 0 N–H and O–H groups in total. The molecule has 1 amide bonds. The Bertz CT molecular complexity index is 968. The van der Waals surface area contributed by atoms with E-state index in [0.29, 0.717) is 12.5 Å². The van der Waals surface area contributed by atoms with Crippen LogP contribution in [-0.2, 0) is 16.1 Å². The number of nitrogens with zero attached hydrogens (tertiary/aromatic N) is 3. The summed E-state index contributed by atoms with van der Waals surface area (Å²) >= 11 is 0. The Morgan fingerprint density at radius 2 is 2.07 bits per heavy atom. The Hall–Kier alpha value is -2.61. The molecule has 1 aliphatic carbocycles. The number of aromatic nitrogens is 2. The van der Waals surface area contributed by atoms with Gasteiger partial charge in [-0.25, -0.2) is 4.98 Å². The molecule has 0 spiro atoms. The monoisotopic (exact) mass is 421 g/mol. The zero-order valence-electron chi connectivity index (χ0n) is 17.4. The number of allylic oxidation sites excluding steroid dienone is 3. The van der Waals surface area contributed by atoms with Crippen molar-refractivity contribution in [2.45, 2.75) is 45.3 Å². The van der Waals surface area contributed by atoms with Crippen molar-refractivity contribution in [1.29, 1.82) is 0 Å². The molecule has 0 unspecified atom stereocenters. The van der Waals surface area contributed by atoms with Crippen LogP contribution in [0.2, 0.25) is 0 Å². The lowest BCUT2D eigenvalue weighted by Crippen LogP contribution is -2.19. The highest BCUT2D eigenvalue weighted by Gasteiger charge is 2.30. The van der Waals surface area contributed by atoms with Gasteiger partial charge in [-0.05, 0) is 50.0 Å². The number of benzene rings is 1. The largest absolute Gasteiger partial charge is 0.411 e. The maximum absolute atomic E-state index is 12.4. The van der Waals surface area contributed by atoms with Gasteiger partial charge in [-0.15, -0.1) is 0 Å². The van der Waals surface area contributed by atoms with Crippen molar-refractivity contribution in [1.82, 2.24) is 14.5 Å². The first-order valence-corrected chi connectivity index (χ1v) is 9.87. The minimum atomic E-state index is -4.34. The van der Waals surface area contributed by atoms with Gasteiger partial charge in [0.1, 0.15) is 12.4 Å². The van der Waals surface area contributed by atoms with Gasteiger partial charge in [-0.2, -0.15) is 13.2 Å². The predicted octanol–water partition coefficient (Wildman–Crippen LogP) is 4.89. The molecular weight excluding hydrogens is 395 g/mol. The van der Waals surface area contributed by atoms with E-state index in [9.17, 15) is 18.0 Å². The molecule has 162 valence electrons.